The van der Waals surface area contributed by atoms with E-state index in [0.717, 1.165) is 20.6 Å². The number of ketones is 1. The van der Waals surface area contributed by atoms with E-state index in [9.17, 15) is 4.79 Å². The fourth-order valence-corrected chi connectivity index (χ4v) is 3.56. The maximum Gasteiger partial charge on any atom is 0.195 e. The molecule has 88 valence electrons. The minimum atomic E-state index is 0.0826. The summed E-state index contributed by atoms with van der Waals surface area (Å²) < 4.78 is 1.05. The Labute approximate surface area is 117 Å². The number of carbonyl (C=O) groups excluding carboxylic acids is 1. The van der Waals surface area contributed by atoms with Gasteiger partial charge in [0.05, 0.1) is 4.88 Å². The molecule has 0 amide bonds. The number of aryl methyl sites for hydroxylation is 1. The average molecular weight is 327 g/mol. The summed E-state index contributed by atoms with van der Waals surface area (Å²) in [7, 11) is 0. The van der Waals surface area contributed by atoms with Crippen LogP contribution in [0.2, 0.25) is 0 Å². The highest BCUT2D eigenvalue weighted by atomic mass is 79.9. The van der Waals surface area contributed by atoms with Crippen LogP contribution in [0.1, 0.15) is 26.3 Å². The number of rotatable bonds is 4. The molecule has 0 radical (unpaired) electrons. The Kier molecular flexibility index (Phi) is 4.31. The fraction of sp³-hybridized carbons (Fsp3) is 0.154. The molecule has 0 aliphatic carbocycles. The van der Waals surface area contributed by atoms with E-state index < -0.39 is 0 Å². The maximum atomic E-state index is 11.9. The van der Waals surface area contributed by atoms with Gasteiger partial charge in [-0.15, -0.1) is 22.7 Å². The van der Waals surface area contributed by atoms with E-state index in [-0.39, 0.29) is 5.78 Å². The van der Waals surface area contributed by atoms with Crippen LogP contribution in [-0.4, -0.2) is 5.78 Å². The van der Waals surface area contributed by atoms with Crippen molar-refractivity contribution >= 4 is 50.5 Å². The quantitative estimate of drug-likeness (QED) is 0.568. The van der Waals surface area contributed by atoms with E-state index in [2.05, 4.69) is 22.9 Å². The number of halogens is 1. The van der Waals surface area contributed by atoms with E-state index in [4.69, 9.17) is 0 Å². The summed E-state index contributed by atoms with van der Waals surface area (Å²) in [6, 6.07) is 5.92. The number of hydrogen-bond donors (Lipinski definition) is 0. The predicted octanol–water partition coefficient (Wildman–Crippen LogP) is 5.03. The van der Waals surface area contributed by atoms with Gasteiger partial charge in [0.2, 0.25) is 0 Å². The van der Waals surface area contributed by atoms with Crippen molar-refractivity contribution in [3.05, 3.63) is 48.8 Å². The molecule has 0 bridgehead atoms. The van der Waals surface area contributed by atoms with Crippen LogP contribution in [-0.2, 0) is 6.42 Å². The van der Waals surface area contributed by atoms with Crippen molar-refractivity contribution in [1.29, 1.82) is 0 Å². The van der Waals surface area contributed by atoms with Crippen LogP contribution in [0.5, 0.6) is 0 Å². The third kappa shape index (κ3) is 3.37. The first-order chi connectivity index (χ1) is 8.19. The smallest absolute Gasteiger partial charge is 0.195 e. The van der Waals surface area contributed by atoms with E-state index in [1.807, 2.05) is 29.7 Å². The van der Waals surface area contributed by atoms with Crippen LogP contribution < -0.4 is 0 Å². The number of hydrogen-bond acceptors (Lipinski definition) is 3. The Morgan fingerprint density at radius 1 is 1.47 bits per heavy atom. The summed E-state index contributed by atoms with van der Waals surface area (Å²) >= 11 is 6.58. The zero-order valence-electron chi connectivity index (χ0n) is 9.27. The predicted molar refractivity (Wildman–Crippen MR) is 79.1 cm³/mol. The highest BCUT2D eigenvalue weighted by Gasteiger charge is 2.05. The molecule has 0 aliphatic heterocycles. The minimum Gasteiger partial charge on any atom is -0.288 e. The first-order valence-electron chi connectivity index (χ1n) is 5.24. The Balaban J connectivity index is 2.08. The minimum absolute atomic E-state index is 0.0826. The van der Waals surface area contributed by atoms with Gasteiger partial charge < -0.3 is 0 Å². The molecule has 2 heterocycles. The molecule has 0 fully saturated rings. The molecule has 0 spiro atoms. The fourth-order valence-electron chi connectivity index (χ4n) is 1.36. The Hall–Kier alpha value is -0.710. The van der Waals surface area contributed by atoms with Gasteiger partial charge in [-0.25, -0.2) is 0 Å². The highest BCUT2D eigenvalue weighted by molar-refractivity contribution is 9.10. The van der Waals surface area contributed by atoms with Gasteiger partial charge >= 0.3 is 0 Å². The van der Waals surface area contributed by atoms with Gasteiger partial charge in [-0.3, -0.25) is 4.79 Å². The Bertz CT molecular complexity index is 551. The summed E-state index contributed by atoms with van der Waals surface area (Å²) in [5.41, 5.74) is 0. The lowest BCUT2D eigenvalue weighted by Gasteiger charge is -1.88. The molecular formula is C13H11BrOS2. The number of allylic oxidation sites excluding steroid dienone is 1. The molecule has 4 heteroatoms. The van der Waals surface area contributed by atoms with Crippen molar-refractivity contribution < 1.29 is 4.79 Å². The van der Waals surface area contributed by atoms with E-state index >= 15 is 0 Å². The molecule has 0 N–H and O–H groups in total. The van der Waals surface area contributed by atoms with Crippen LogP contribution in [0.3, 0.4) is 0 Å². The Morgan fingerprint density at radius 3 is 2.88 bits per heavy atom. The summed E-state index contributed by atoms with van der Waals surface area (Å²) in [5.74, 6) is 0.0826. The summed E-state index contributed by atoms with van der Waals surface area (Å²) in [4.78, 5) is 15.0. The molecular weight excluding hydrogens is 316 g/mol. The second-order valence-electron chi connectivity index (χ2n) is 3.48. The van der Waals surface area contributed by atoms with E-state index in [0.29, 0.717) is 0 Å². The molecule has 0 saturated heterocycles. The first-order valence-corrected chi connectivity index (χ1v) is 7.73. The largest absolute Gasteiger partial charge is 0.288 e. The zero-order chi connectivity index (χ0) is 12.3. The van der Waals surface area contributed by atoms with Crippen molar-refractivity contribution in [2.24, 2.45) is 0 Å². The average Bonchev–Trinajstić information content (AvgIpc) is 2.94. The number of thiophene rings is 2. The molecule has 0 atom stereocenters. The standard InChI is InChI=1S/C13H11BrOS2/c1-2-10-4-6-13(17-10)12(15)5-3-11-7-9(14)8-16-11/h3-8H,2H2,1H3/b5-3+. The summed E-state index contributed by atoms with van der Waals surface area (Å²) in [6.45, 7) is 2.10. The lowest BCUT2D eigenvalue weighted by molar-refractivity contribution is 0.105. The SMILES string of the molecule is CCc1ccc(C(=O)/C=C/c2cc(Br)cs2)s1. The van der Waals surface area contributed by atoms with Gasteiger partial charge in [0.15, 0.2) is 5.78 Å². The zero-order valence-corrected chi connectivity index (χ0v) is 12.5. The third-order valence-electron chi connectivity index (χ3n) is 2.24. The topological polar surface area (TPSA) is 17.1 Å². The van der Waals surface area contributed by atoms with E-state index in [1.54, 1.807) is 28.7 Å². The van der Waals surface area contributed by atoms with Gasteiger partial charge in [-0.05, 0) is 52.7 Å². The van der Waals surface area contributed by atoms with Gasteiger partial charge in [0.25, 0.3) is 0 Å². The monoisotopic (exact) mass is 326 g/mol. The molecule has 2 aromatic heterocycles. The van der Waals surface area contributed by atoms with Crippen molar-refractivity contribution in [3.8, 4) is 0 Å². The second-order valence-corrected chi connectivity index (χ2v) is 6.51. The Morgan fingerprint density at radius 2 is 2.29 bits per heavy atom. The van der Waals surface area contributed by atoms with Crippen LogP contribution in [0, 0.1) is 0 Å². The van der Waals surface area contributed by atoms with Crippen LogP contribution in [0.15, 0.2) is 34.1 Å². The third-order valence-corrected chi connectivity index (χ3v) is 5.14. The summed E-state index contributed by atoms with van der Waals surface area (Å²) in [5, 5.41) is 2.00. The normalized spacial score (nSPS) is 11.2. The second kappa shape index (κ2) is 5.76. The van der Waals surface area contributed by atoms with Gasteiger partial charge in [0, 0.05) is 19.6 Å². The molecule has 0 aromatic carbocycles. The summed E-state index contributed by atoms with van der Waals surface area (Å²) in [6.07, 6.45) is 4.49. The van der Waals surface area contributed by atoms with Gasteiger partial charge in [-0.1, -0.05) is 6.92 Å². The van der Waals surface area contributed by atoms with E-state index in [1.165, 1.54) is 4.88 Å². The molecule has 2 aromatic rings. The lowest BCUT2D eigenvalue weighted by Crippen LogP contribution is -1.88. The van der Waals surface area contributed by atoms with Gasteiger partial charge in [-0.2, -0.15) is 0 Å². The highest BCUT2D eigenvalue weighted by Crippen LogP contribution is 2.22. The molecule has 0 unspecified atom stereocenters. The molecule has 0 aliphatic rings. The maximum absolute atomic E-state index is 11.9. The van der Waals surface area contributed by atoms with Crippen LogP contribution in [0.4, 0.5) is 0 Å². The first kappa shape index (κ1) is 12.7. The van der Waals surface area contributed by atoms with Gasteiger partial charge in [0.1, 0.15) is 0 Å². The molecule has 1 nitrogen and oxygen atoms in total. The van der Waals surface area contributed by atoms with Crippen molar-refractivity contribution in [2.45, 2.75) is 13.3 Å². The van der Waals surface area contributed by atoms with Crippen molar-refractivity contribution in [3.63, 3.8) is 0 Å². The number of carbonyl (C=O) groups is 1. The molecule has 0 saturated carbocycles. The lowest BCUT2D eigenvalue weighted by atomic mass is 10.2. The van der Waals surface area contributed by atoms with Crippen molar-refractivity contribution in [1.82, 2.24) is 0 Å². The van der Waals surface area contributed by atoms with Crippen molar-refractivity contribution in [2.75, 3.05) is 0 Å². The molecule has 17 heavy (non-hydrogen) atoms. The van der Waals surface area contributed by atoms with Crippen LogP contribution in [0.25, 0.3) is 6.08 Å². The van der Waals surface area contributed by atoms with Crippen LogP contribution >= 0.6 is 38.6 Å². The molecule has 2 rings (SSSR count).